The van der Waals surface area contributed by atoms with Crippen LogP contribution in [-0.4, -0.2) is 11.2 Å². The van der Waals surface area contributed by atoms with Crippen LogP contribution in [0.25, 0.3) is 11.1 Å². The molecule has 0 radical (unpaired) electrons. The molecule has 0 unspecified atom stereocenters. The van der Waals surface area contributed by atoms with Gasteiger partial charge in [-0.25, -0.2) is 0 Å². The van der Waals surface area contributed by atoms with Gasteiger partial charge < -0.3 is 9.30 Å². The van der Waals surface area contributed by atoms with E-state index in [1.165, 1.54) is 32.1 Å². The number of aryl methyl sites for hydroxylation is 1. The van der Waals surface area contributed by atoms with E-state index in [0.717, 1.165) is 42.9 Å². The molecular formula is C27H30N2O2. The molecule has 1 aromatic heterocycles. The number of rotatable bonds is 12. The lowest BCUT2D eigenvalue weighted by atomic mass is 10.0. The molecule has 4 heteroatoms. The van der Waals surface area contributed by atoms with Gasteiger partial charge in [0.2, 0.25) is 0 Å². The Balaban J connectivity index is 1.22. The van der Waals surface area contributed by atoms with Crippen molar-refractivity contribution in [3.8, 4) is 22.9 Å². The summed E-state index contributed by atoms with van der Waals surface area (Å²) < 4.78 is 7.95. The molecule has 31 heavy (non-hydrogen) atoms. The molecule has 0 bridgehead atoms. The van der Waals surface area contributed by atoms with Gasteiger partial charge in [-0.05, 0) is 48.2 Å². The number of aromatic nitrogens is 1. The maximum Gasteiger partial charge on any atom is 0.181 e. The van der Waals surface area contributed by atoms with Gasteiger partial charge in [0, 0.05) is 31.1 Å². The highest BCUT2D eigenvalue weighted by Gasteiger charge is 2.00. The minimum atomic E-state index is 0.0698. The fourth-order valence-corrected chi connectivity index (χ4v) is 3.54. The van der Waals surface area contributed by atoms with Gasteiger partial charge in [0.25, 0.3) is 0 Å². The second kappa shape index (κ2) is 12.4. The Hall–Kier alpha value is -3.32. The zero-order chi connectivity index (χ0) is 21.7. The highest BCUT2D eigenvalue weighted by atomic mass is 16.5. The number of ether oxygens (including phenoxy) is 1. The SMILES string of the molecule is N#Cc1ccc(-c2ccc(OCCCCCCCCCn3ccc(=O)cc3)cc2)cc1. The minimum absolute atomic E-state index is 0.0698. The Morgan fingerprint density at radius 2 is 1.26 bits per heavy atom. The first-order valence-corrected chi connectivity index (χ1v) is 11.1. The summed E-state index contributed by atoms with van der Waals surface area (Å²) in [4.78, 5) is 11.1. The monoisotopic (exact) mass is 414 g/mol. The number of hydrogen-bond donors (Lipinski definition) is 0. The fourth-order valence-electron chi connectivity index (χ4n) is 3.54. The van der Waals surface area contributed by atoms with Gasteiger partial charge in [0.15, 0.2) is 5.43 Å². The second-order valence-electron chi connectivity index (χ2n) is 7.81. The molecule has 0 aliphatic carbocycles. The van der Waals surface area contributed by atoms with Gasteiger partial charge in [-0.15, -0.1) is 0 Å². The number of nitriles is 1. The lowest BCUT2D eigenvalue weighted by Crippen LogP contribution is -2.03. The van der Waals surface area contributed by atoms with Gasteiger partial charge >= 0.3 is 0 Å². The maximum absolute atomic E-state index is 11.1. The van der Waals surface area contributed by atoms with Gasteiger partial charge in [0.1, 0.15) is 5.75 Å². The molecule has 0 N–H and O–H groups in total. The molecule has 0 aliphatic rings. The van der Waals surface area contributed by atoms with E-state index in [-0.39, 0.29) is 5.43 Å². The minimum Gasteiger partial charge on any atom is -0.494 e. The van der Waals surface area contributed by atoms with Crippen molar-refractivity contribution in [1.82, 2.24) is 4.57 Å². The summed E-state index contributed by atoms with van der Waals surface area (Å²) in [5.74, 6) is 0.903. The number of nitrogens with zero attached hydrogens (tertiary/aromatic N) is 2. The highest BCUT2D eigenvalue weighted by Crippen LogP contribution is 2.23. The van der Waals surface area contributed by atoms with Gasteiger partial charge in [-0.2, -0.15) is 5.26 Å². The van der Waals surface area contributed by atoms with E-state index in [0.29, 0.717) is 5.56 Å². The first-order valence-electron chi connectivity index (χ1n) is 11.1. The van der Waals surface area contributed by atoms with Gasteiger partial charge in [-0.3, -0.25) is 4.79 Å². The summed E-state index contributed by atoms with van der Waals surface area (Å²) in [6, 6.07) is 21.1. The molecule has 0 spiro atoms. The Bertz CT molecular complexity index is 994. The zero-order valence-electron chi connectivity index (χ0n) is 18.0. The quantitative estimate of drug-likeness (QED) is 0.332. The Morgan fingerprint density at radius 1 is 0.710 bits per heavy atom. The predicted molar refractivity (Wildman–Crippen MR) is 125 cm³/mol. The summed E-state index contributed by atoms with van der Waals surface area (Å²) in [6.07, 6.45) is 12.2. The molecule has 0 fully saturated rings. The van der Waals surface area contributed by atoms with Crippen molar-refractivity contribution in [3.63, 3.8) is 0 Å². The molecule has 160 valence electrons. The summed E-state index contributed by atoms with van der Waals surface area (Å²) >= 11 is 0. The van der Waals surface area contributed by atoms with E-state index in [2.05, 4.69) is 22.8 Å². The van der Waals surface area contributed by atoms with Crippen molar-refractivity contribution in [3.05, 3.63) is 88.8 Å². The normalized spacial score (nSPS) is 10.5. The summed E-state index contributed by atoms with van der Waals surface area (Å²) in [6.45, 7) is 1.74. The van der Waals surface area contributed by atoms with Crippen LogP contribution in [-0.2, 0) is 6.54 Å². The fraction of sp³-hybridized carbons (Fsp3) is 0.333. The highest BCUT2D eigenvalue weighted by molar-refractivity contribution is 5.64. The van der Waals surface area contributed by atoms with Crippen LogP contribution in [0, 0.1) is 11.3 Å². The van der Waals surface area contributed by atoms with Gasteiger partial charge in [-0.1, -0.05) is 56.4 Å². The maximum atomic E-state index is 11.1. The van der Waals surface area contributed by atoms with Crippen molar-refractivity contribution >= 4 is 0 Å². The topological polar surface area (TPSA) is 55.0 Å². The zero-order valence-corrected chi connectivity index (χ0v) is 18.0. The van der Waals surface area contributed by atoms with Crippen molar-refractivity contribution in [2.24, 2.45) is 0 Å². The summed E-state index contributed by atoms with van der Waals surface area (Å²) in [7, 11) is 0. The molecule has 0 atom stereocenters. The third-order valence-electron chi connectivity index (χ3n) is 5.39. The molecule has 0 amide bonds. The average molecular weight is 415 g/mol. The Morgan fingerprint density at radius 3 is 1.87 bits per heavy atom. The molecule has 1 heterocycles. The number of unbranched alkanes of at least 4 members (excludes halogenated alkanes) is 6. The average Bonchev–Trinajstić information content (AvgIpc) is 2.82. The van der Waals surface area contributed by atoms with E-state index < -0.39 is 0 Å². The van der Waals surface area contributed by atoms with E-state index in [1.807, 2.05) is 48.8 Å². The molecule has 0 aliphatic heterocycles. The van der Waals surface area contributed by atoms with E-state index in [4.69, 9.17) is 10.00 Å². The Labute approximate surface area is 184 Å². The standard InChI is InChI=1S/C27H30N2O2/c28-22-23-8-10-24(11-9-23)25-12-14-27(15-13-25)31-21-7-5-3-1-2-4-6-18-29-19-16-26(30)17-20-29/h8-17,19-20H,1-7,18,21H2. The third kappa shape index (κ3) is 7.79. The number of hydrogen-bond acceptors (Lipinski definition) is 3. The first kappa shape index (κ1) is 22.4. The lowest BCUT2D eigenvalue weighted by molar-refractivity contribution is 0.304. The molecule has 0 saturated heterocycles. The first-order chi connectivity index (χ1) is 15.2. The molecule has 0 saturated carbocycles. The number of pyridine rings is 1. The van der Waals surface area contributed by atoms with Crippen molar-refractivity contribution in [2.45, 2.75) is 51.5 Å². The van der Waals surface area contributed by atoms with Gasteiger partial charge in [0.05, 0.1) is 18.2 Å². The van der Waals surface area contributed by atoms with Crippen molar-refractivity contribution in [2.75, 3.05) is 6.61 Å². The van der Waals surface area contributed by atoms with Crippen molar-refractivity contribution < 1.29 is 4.74 Å². The smallest absolute Gasteiger partial charge is 0.181 e. The van der Waals surface area contributed by atoms with Crippen LogP contribution < -0.4 is 10.2 Å². The molecular weight excluding hydrogens is 384 g/mol. The van der Waals surface area contributed by atoms with E-state index >= 15 is 0 Å². The van der Waals surface area contributed by atoms with Crippen LogP contribution in [0.1, 0.15) is 50.5 Å². The van der Waals surface area contributed by atoms with Crippen LogP contribution in [0.15, 0.2) is 77.9 Å². The largest absolute Gasteiger partial charge is 0.494 e. The van der Waals surface area contributed by atoms with Crippen molar-refractivity contribution in [1.29, 1.82) is 5.26 Å². The molecule has 2 aromatic carbocycles. The van der Waals surface area contributed by atoms with E-state index in [1.54, 1.807) is 12.1 Å². The molecule has 4 nitrogen and oxygen atoms in total. The Kier molecular flexibility index (Phi) is 8.94. The molecule has 3 rings (SSSR count). The third-order valence-corrected chi connectivity index (χ3v) is 5.39. The summed E-state index contributed by atoms with van der Waals surface area (Å²) in [5.41, 5.74) is 2.97. The second-order valence-corrected chi connectivity index (χ2v) is 7.81. The van der Waals surface area contributed by atoms with Crippen LogP contribution in [0.4, 0.5) is 0 Å². The predicted octanol–water partition coefficient (Wildman–Crippen LogP) is 6.20. The summed E-state index contributed by atoms with van der Waals surface area (Å²) in [5, 5.41) is 8.89. The van der Waals surface area contributed by atoms with Crippen LogP contribution in [0.3, 0.4) is 0 Å². The lowest BCUT2D eigenvalue weighted by Gasteiger charge is -2.08. The molecule has 3 aromatic rings. The van der Waals surface area contributed by atoms with E-state index in [9.17, 15) is 4.79 Å². The van der Waals surface area contributed by atoms with Crippen LogP contribution >= 0.6 is 0 Å². The van der Waals surface area contributed by atoms with Crippen LogP contribution in [0.5, 0.6) is 5.75 Å². The van der Waals surface area contributed by atoms with Crippen LogP contribution in [0.2, 0.25) is 0 Å². The number of benzene rings is 2.